The predicted octanol–water partition coefficient (Wildman–Crippen LogP) is 6.24. The van der Waals surface area contributed by atoms with Crippen LogP contribution in [0.5, 0.6) is 0 Å². The molecule has 4 rings (SSSR count). The maximum Gasteiger partial charge on any atom is 0.305 e. The van der Waals surface area contributed by atoms with Crippen LogP contribution in [0.3, 0.4) is 0 Å². The summed E-state index contributed by atoms with van der Waals surface area (Å²) in [4.78, 5) is 25.1. The average molecular weight is 593 g/mol. The van der Waals surface area contributed by atoms with E-state index < -0.39 is 42.1 Å². The van der Waals surface area contributed by atoms with Gasteiger partial charge < -0.3 is 19.9 Å². The highest BCUT2D eigenvalue weighted by molar-refractivity contribution is 6.11. The number of benzene rings is 3. The lowest BCUT2D eigenvalue weighted by Crippen LogP contribution is -2.30. The third kappa shape index (κ3) is 7.34. The number of carbonyl (C=O) groups excluding carboxylic acids is 1. The van der Waals surface area contributed by atoms with Gasteiger partial charge in [0.15, 0.2) is 0 Å². The van der Waals surface area contributed by atoms with E-state index >= 15 is 0 Å². The number of hydrogen-bond donors (Lipinski definition) is 4. The number of amides is 1. The summed E-state index contributed by atoms with van der Waals surface area (Å²) in [6.45, 7) is 3.70. The Morgan fingerprint density at radius 1 is 0.814 bits per heavy atom. The zero-order valence-corrected chi connectivity index (χ0v) is 23.8. The van der Waals surface area contributed by atoms with Crippen molar-refractivity contribution < 1.29 is 38.9 Å². The molecule has 0 saturated carbocycles. The number of hydrogen-bond acceptors (Lipinski definition) is 5. The van der Waals surface area contributed by atoms with Gasteiger partial charge in [-0.05, 0) is 80.6 Å². The molecule has 0 fully saturated rings. The number of rotatable bonds is 12. The quantitative estimate of drug-likeness (QED) is 0.114. The topological polar surface area (TPSA) is 123 Å². The average Bonchev–Trinajstić information content (AvgIpc) is 3.31. The SMILES string of the molecule is CC(C)n1c(CCC(O)CC(O)CC(=O)O)c(-c2ccc(F)cc2)c(-c2ccc(F)cc2)c1C(=O)N(O)c1ccccc1. The second kappa shape index (κ2) is 13.7. The van der Waals surface area contributed by atoms with Crippen LogP contribution in [0.25, 0.3) is 22.3 Å². The van der Waals surface area contributed by atoms with Gasteiger partial charge in [-0.25, -0.2) is 8.78 Å². The molecule has 4 aromatic rings. The second-order valence-corrected chi connectivity index (χ2v) is 10.7. The molecule has 226 valence electrons. The number of aliphatic hydroxyl groups is 2. The molecule has 1 aromatic heterocycles. The first-order valence-electron chi connectivity index (χ1n) is 13.9. The minimum atomic E-state index is -1.25. The molecule has 3 aromatic carbocycles. The second-order valence-electron chi connectivity index (χ2n) is 10.7. The van der Waals surface area contributed by atoms with Crippen LogP contribution in [0.2, 0.25) is 0 Å². The van der Waals surface area contributed by atoms with Gasteiger partial charge in [0, 0.05) is 22.9 Å². The number of hydroxylamine groups is 1. The molecular weight excluding hydrogens is 558 g/mol. The van der Waals surface area contributed by atoms with Crippen LogP contribution in [0.1, 0.15) is 55.3 Å². The molecule has 2 atom stereocenters. The normalized spacial score (nSPS) is 12.7. The maximum atomic E-state index is 14.2. The summed E-state index contributed by atoms with van der Waals surface area (Å²) in [5, 5.41) is 41.4. The molecule has 0 aliphatic carbocycles. The lowest BCUT2D eigenvalue weighted by molar-refractivity contribution is -0.139. The predicted molar refractivity (Wildman–Crippen MR) is 158 cm³/mol. The zero-order chi connectivity index (χ0) is 31.3. The van der Waals surface area contributed by atoms with E-state index in [0.29, 0.717) is 33.0 Å². The van der Waals surface area contributed by atoms with Crippen molar-refractivity contribution in [1.29, 1.82) is 0 Å². The molecule has 0 radical (unpaired) electrons. The van der Waals surface area contributed by atoms with E-state index in [4.69, 9.17) is 5.11 Å². The molecule has 10 heteroatoms. The number of carboxylic acids is 1. The summed E-state index contributed by atoms with van der Waals surface area (Å²) in [7, 11) is 0. The van der Waals surface area contributed by atoms with E-state index in [0.717, 1.165) is 0 Å². The molecular formula is C33H34F2N2O6. The zero-order valence-electron chi connectivity index (χ0n) is 23.8. The molecule has 1 heterocycles. The number of nitrogens with zero attached hydrogens (tertiary/aromatic N) is 2. The van der Waals surface area contributed by atoms with Gasteiger partial charge in [-0.15, -0.1) is 0 Å². The fourth-order valence-electron chi connectivity index (χ4n) is 5.30. The fraction of sp³-hybridized carbons (Fsp3) is 0.273. The van der Waals surface area contributed by atoms with E-state index in [1.807, 2.05) is 13.8 Å². The van der Waals surface area contributed by atoms with Crippen LogP contribution in [0.4, 0.5) is 14.5 Å². The van der Waals surface area contributed by atoms with Gasteiger partial charge in [-0.3, -0.25) is 14.8 Å². The largest absolute Gasteiger partial charge is 0.481 e. The molecule has 8 nitrogen and oxygen atoms in total. The Morgan fingerprint density at radius 3 is 1.86 bits per heavy atom. The summed E-state index contributed by atoms with van der Waals surface area (Å²) in [6, 6.07) is 19.1. The Balaban J connectivity index is 1.95. The summed E-state index contributed by atoms with van der Waals surface area (Å²) < 4.78 is 29.8. The summed E-state index contributed by atoms with van der Waals surface area (Å²) in [6.07, 6.45) is -2.74. The first-order valence-corrected chi connectivity index (χ1v) is 13.9. The molecule has 1 amide bonds. The van der Waals surface area contributed by atoms with Crippen molar-refractivity contribution in [3.63, 3.8) is 0 Å². The van der Waals surface area contributed by atoms with E-state index in [1.54, 1.807) is 47.0 Å². The molecule has 0 bridgehead atoms. The van der Waals surface area contributed by atoms with Gasteiger partial charge in [-0.2, -0.15) is 5.06 Å². The first kappa shape index (κ1) is 31.6. The van der Waals surface area contributed by atoms with Crippen molar-refractivity contribution in [2.45, 2.75) is 57.8 Å². The van der Waals surface area contributed by atoms with E-state index in [2.05, 4.69) is 0 Å². The van der Waals surface area contributed by atoms with Gasteiger partial charge >= 0.3 is 5.97 Å². The van der Waals surface area contributed by atoms with Crippen molar-refractivity contribution in [2.24, 2.45) is 0 Å². The van der Waals surface area contributed by atoms with Crippen LogP contribution in [-0.4, -0.2) is 49.2 Å². The van der Waals surface area contributed by atoms with E-state index in [-0.39, 0.29) is 36.7 Å². The first-order chi connectivity index (χ1) is 20.5. The van der Waals surface area contributed by atoms with Crippen molar-refractivity contribution in [1.82, 2.24) is 4.57 Å². The Morgan fingerprint density at radius 2 is 1.35 bits per heavy atom. The van der Waals surface area contributed by atoms with E-state index in [9.17, 15) is 33.8 Å². The Labute approximate surface area is 248 Å². The number of aliphatic hydroxyl groups excluding tert-OH is 2. The number of anilines is 1. The van der Waals surface area contributed by atoms with Crippen LogP contribution < -0.4 is 5.06 Å². The smallest absolute Gasteiger partial charge is 0.305 e. The van der Waals surface area contributed by atoms with Crippen molar-refractivity contribution in [2.75, 3.05) is 5.06 Å². The number of aliphatic carboxylic acids is 1. The Bertz CT molecular complexity index is 1550. The van der Waals surface area contributed by atoms with Crippen molar-refractivity contribution in [3.05, 3.63) is 102 Å². The van der Waals surface area contributed by atoms with Gasteiger partial charge in [-0.1, -0.05) is 42.5 Å². The molecule has 2 unspecified atom stereocenters. The van der Waals surface area contributed by atoms with Crippen LogP contribution in [0, 0.1) is 11.6 Å². The monoisotopic (exact) mass is 592 g/mol. The molecule has 0 spiro atoms. The van der Waals surface area contributed by atoms with Crippen LogP contribution >= 0.6 is 0 Å². The molecule has 43 heavy (non-hydrogen) atoms. The van der Waals surface area contributed by atoms with Gasteiger partial charge in [0.25, 0.3) is 5.91 Å². The van der Waals surface area contributed by atoms with Crippen LogP contribution in [0.15, 0.2) is 78.9 Å². The minimum absolute atomic E-state index is 0.0968. The number of carboxylic acid groups (broad SMARTS) is 1. The number of aromatic nitrogens is 1. The number of carbonyl (C=O) groups is 2. The summed E-state index contributed by atoms with van der Waals surface area (Å²) in [5.41, 5.74) is 2.85. The van der Waals surface area contributed by atoms with Gasteiger partial charge in [0.2, 0.25) is 0 Å². The Hall–Kier alpha value is -4.38. The van der Waals surface area contributed by atoms with E-state index in [1.165, 1.54) is 36.4 Å². The lowest BCUT2D eigenvalue weighted by Gasteiger charge is -2.22. The highest BCUT2D eigenvalue weighted by Crippen LogP contribution is 2.43. The third-order valence-electron chi connectivity index (χ3n) is 7.15. The standard InChI is InChI=1S/C33H34F2N2O6/c1-20(2)36-28(17-16-26(38)18-27(39)19-29(40)41)30(21-8-12-23(34)13-9-21)31(22-10-14-24(35)15-11-22)32(36)33(42)37(43)25-6-4-3-5-7-25/h3-15,20,26-27,38-39,43H,16-19H2,1-2H3,(H,40,41). The molecule has 0 aliphatic rings. The lowest BCUT2D eigenvalue weighted by atomic mass is 9.92. The van der Waals surface area contributed by atoms with Crippen molar-refractivity contribution in [3.8, 4) is 22.3 Å². The fourth-order valence-corrected chi connectivity index (χ4v) is 5.30. The number of para-hydroxylation sites is 1. The maximum absolute atomic E-state index is 14.2. The molecule has 4 N–H and O–H groups in total. The summed E-state index contributed by atoms with van der Waals surface area (Å²) in [5.74, 6) is -2.90. The van der Waals surface area contributed by atoms with Gasteiger partial charge in [0.1, 0.15) is 17.3 Å². The summed E-state index contributed by atoms with van der Waals surface area (Å²) >= 11 is 0. The number of halogens is 2. The molecule has 0 aliphatic heterocycles. The van der Waals surface area contributed by atoms with Crippen LogP contribution in [-0.2, 0) is 11.2 Å². The highest BCUT2D eigenvalue weighted by atomic mass is 19.1. The van der Waals surface area contributed by atoms with Crippen molar-refractivity contribution >= 4 is 17.6 Å². The van der Waals surface area contributed by atoms with Gasteiger partial charge in [0.05, 0.1) is 24.3 Å². The Kier molecular flexibility index (Phi) is 10.1. The minimum Gasteiger partial charge on any atom is -0.481 e. The third-order valence-corrected chi connectivity index (χ3v) is 7.15. The highest BCUT2D eigenvalue weighted by Gasteiger charge is 2.33. The molecule has 0 saturated heterocycles.